The summed E-state index contributed by atoms with van der Waals surface area (Å²) in [7, 11) is -3.88. The Morgan fingerprint density at radius 2 is 1.77 bits per heavy atom. The largest absolute Gasteiger partial charge is 0.444 e. The van der Waals surface area contributed by atoms with Crippen molar-refractivity contribution in [3.63, 3.8) is 0 Å². The second kappa shape index (κ2) is 14.1. The summed E-state index contributed by atoms with van der Waals surface area (Å²) >= 11 is 0. The summed E-state index contributed by atoms with van der Waals surface area (Å²) < 4.78 is 39.6. The quantitative estimate of drug-likeness (QED) is 0.353. The average molecular weight is 750 g/mol. The summed E-state index contributed by atoms with van der Waals surface area (Å²) in [6, 6.07) is 4.36. The number of benzene rings is 1. The topological polar surface area (TPSA) is 193 Å². The maximum Gasteiger partial charge on any atom is 0.410 e. The van der Waals surface area contributed by atoms with Gasteiger partial charge in [0.25, 0.3) is 5.91 Å². The van der Waals surface area contributed by atoms with Crippen LogP contribution in [0.15, 0.2) is 35.3 Å². The highest BCUT2D eigenvalue weighted by molar-refractivity contribution is 7.91. The van der Waals surface area contributed by atoms with E-state index in [0.29, 0.717) is 38.2 Å². The second-order valence-corrected chi connectivity index (χ2v) is 17.5. The number of anilines is 1. The molecule has 4 amide bonds. The van der Waals surface area contributed by atoms with E-state index in [1.54, 1.807) is 4.90 Å². The molecule has 284 valence electrons. The number of aromatic nitrogens is 2. The number of carbonyl (C=O) groups excluding carboxylic acids is 4. The van der Waals surface area contributed by atoms with Crippen LogP contribution in [0.25, 0.3) is 0 Å². The molecule has 0 spiro atoms. The molecule has 3 N–H and O–H groups in total. The molecule has 0 unspecified atom stereocenters. The molecule has 2 aromatic rings. The van der Waals surface area contributed by atoms with Gasteiger partial charge in [-0.3, -0.25) is 24.0 Å². The Morgan fingerprint density at radius 3 is 2.53 bits per heavy atom. The number of sulfonamides is 1. The number of ether oxygens (including phenoxy) is 1. The lowest BCUT2D eigenvalue weighted by Crippen LogP contribution is -2.58. The fourth-order valence-corrected chi connectivity index (χ4v) is 9.99. The molecule has 5 atom stereocenters. The van der Waals surface area contributed by atoms with Crippen LogP contribution in [0.5, 0.6) is 0 Å². The van der Waals surface area contributed by atoms with Crippen molar-refractivity contribution in [1.82, 2.24) is 30.0 Å². The van der Waals surface area contributed by atoms with E-state index in [1.807, 2.05) is 12.1 Å². The number of hydrogen-bond donors (Lipinski definition) is 3. The van der Waals surface area contributed by atoms with Crippen LogP contribution in [0.4, 0.5) is 10.8 Å². The Balaban J connectivity index is 1.08. The number of nitrogens with one attached hydrogen (secondary N) is 3. The minimum Gasteiger partial charge on any atom is -0.444 e. The standard InChI is InChI=1S/C37H47N7O8S/c1-2-25-18-37(25,34(47)42-53(49,50)27-15-16-27)39-32(45)29-17-26-20-44(29)33(46)31(23-10-6-7-11-23)38-35-41-40-30(52-35)14-5-3-4-9-22-12-8-13-24-19-43(21-28(22)24)36(48)51-26/h2,8,12-13,23,25-27,29,31H,1,3-7,9-11,14-21H2,(H,38,41)(H,39,45)(H,42,47)/t25-,26+,29-,31-,37+/m0/s1. The number of rotatable bonds is 7. The molecule has 53 heavy (non-hydrogen) atoms. The Kier molecular flexibility index (Phi) is 9.44. The predicted octanol–water partition coefficient (Wildman–Crippen LogP) is 3.10. The van der Waals surface area contributed by atoms with Crippen LogP contribution < -0.4 is 15.4 Å². The summed E-state index contributed by atoms with van der Waals surface area (Å²) in [5.41, 5.74) is 1.86. The molecular formula is C37H47N7O8S. The lowest BCUT2D eigenvalue weighted by molar-refractivity contribution is -0.141. The van der Waals surface area contributed by atoms with E-state index in [1.165, 1.54) is 16.5 Å². The van der Waals surface area contributed by atoms with Crippen LogP contribution >= 0.6 is 0 Å². The minimum atomic E-state index is -3.88. The summed E-state index contributed by atoms with van der Waals surface area (Å²) in [6.45, 7) is 4.55. The first-order chi connectivity index (χ1) is 25.5. The van der Waals surface area contributed by atoms with Gasteiger partial charge in [0.2, 0.25) is 27.7 Å². The highest BCUT2D eigenvalue weighted by Gasteiger charge is 2.62. The van der Waals surface area contributed by atoms with Gasteiger partial charge in [-0.15, -0.1) is 11.7 Å². The van der Waals surface area contributed by atoms with Crippen molar-refractivity contribution in [3.8, 4) is 0 Å². The average Bonchev–Trinajstić information content (AvgIpc) is 3.77. The van der Waals surface area contributed by atoms with E-state index in [9.17, 15) is 27.6 Å². The van der Waals surface area contributed by atoms with Crippen LogP contribution in [-0.4, -0.2) is 87.8 Å². The van der Waals surface area contributed by atoms with Gasteiger partial charge in [-0.2, -0.15) is 0 Å². The number of hydrogen-bond acceptors (Lipinski definition) is 11. The Morgan fingerprint density at radius 1 is 1.00 bits per heavy atom. The molecule has 1 aromatic heterocycles. The van der Waals surface area contributed by atoms with E-state index in [0.717, 1.165) is 62.5 Å². The van der Waals surface area contributed by atoms with Crippen LogP contribution in [0.1, 0.15) is 93.2 Å². The van der Waals surface area contributed by atoms with Gasteiger partial charge in [-0.1, -0.05) is 48.6 Å². The van der Waals surface area contributed by atoms with Gasteiger partial charge in [-0.25, -0.2) is 13.2 Å². The Hall–Kier alpha value is -4.47. The van der Waals surface area contributed by atoms with Crippen molar-refractivity contribution in [2.24, 2.45) is 11.8 Å². The maximum absolute atomic E-state index is 14.7. The van der Waals surface area contributed by atoms with Crippen molar-refractivity contribution in [1.29, 1.82) is 0 Å². The molecule has 16 heteroatoms. The molecule has 4 fully saturated rings. The molecular weight excluding hydrogens is 703 g/mol. The van der Waals surface area contributed by atoms with E-state index in [2.05, 4.69) is 38.2 Å². The summed E-state index contributed by atoms with van der Waals surface area (Å²) in [5.74, 6) is -1.93. The third kappa shape index (κ3) is 7.13. The highest BCUT2D eigenvalue weighted by Crippen LogP contribution is 2.45. The number of carbonyl (C=O) groups is 4. The van der Waals surface area contributed by atoms with E-state index in [4.69, 9.17) is 9.15 Å². The molecule has 15 nitrogen and oxygen atoms in total. The fraction of sp³-hybridized carbons (Fsp3) is 0.622. The van der Waals surface area contributed by atoms with Crippen molar-refractivity contribution < 1.29 is 36.7 Å². The molecule has 6 bridgehead atoms. The van der Waals surface area contributed by atoms with Crippen LogP contribution in [-0.2, 0) is 55.1 Å². The van der Waals surface area contributed by atoms with Crippen molar-refractivity contribution in [2.45, 2.75) is 126 Å². The molecule has 1 aromatic carbocycles. The first-order valence-electron chi connectivity index (χ1n) is 19.0. The van der Waals surface area contributed by atoms with Crippen molar-refractivity contribution >= 4 is 39.9 Å². The van der Waals surface area contributed by atoms with Crippen molar-refractivity contribution in [3.05, 3.63) is 53.4 Å². The SMILES string of the molecule is C=C[C@H]1C[C@]1(NC(=O)[C@@H]1C[C@@H]2CN1C(=O)[C@H](C1CCCC1)Nc1nnc(o1)CCCCCc1cccc3c1CN(C3)C(=O)O2)C(=O)NS(=O)(=O)C1CC1. The molecule has 3 aliphatic heterocycles. The van der Waals surface area contributed by atoms with Gasteiger partial charge in [0.15, 0.2) is 0 Å². The predicted molar refractivity (Wildman–Crippen MR) is 190 cm³/mol. The van der Waals surface area contributed by atoms with E-state index in [-0.39, 0.29) is 37.2 Å². The number of aryl methyl sites for hydroxylation is 2. The first-order valence-corrected chi connectivity index (χ1v) is 20.5. The first kappa shape index (κ1) is 35.6. The smallest absolute Gasteiger partial charge is 0.410 e. The summed E-state index contributed by atoms with van der Waals surface area (Å²) in [5, 5.41) is 13.8. The van der Waals surface area contributed by atoms with Crippen molar-refractivity contribution in [2.75, 3.05) is 11.9 Å². The van der Waals surface area contributed by atoms with Crippen LogP contribution in [0.2, 0.25) is 0 Å². The van der Waals surface area contributed by atoms with Gasteiger partial charge in [0.05, 0.1) is 11.8 Å². The Labute approximate surface area is 308 Å². The molecule has 4 heterocycles. The Bertz CT molecular complexity index is 1910. The van der Waals surface area contributed by atoms with Gasteiger partial charge in [0.1, 0.15) is 23.7 Å². The van der Waals surface area contributed by atoms with Gasteiger partial charge < -0.3 is 24.7 Å². The molecule has 0 radical (unpaired) electrons. The number of nitrogens with zero attached hydrogens (tertiary/aromatic N) is 4. The van der Waals surface area contributed by atoms with Gasteiger partial charge in [-0.05, 0) is 74.0 Å². The molecule has 3 saturated carbocycles. The highest BCUT2D eigenvalue weighted by atomic mass is 32.2. The molecule has 6 aliphatic rings. The summed E-state index contributed by atoms with van der Waals surface area (Å²) in [6.07, 6.45) is 8.97. The molecule has 3 aliphatic carbocycles. The molecule has 8 rings (SSSR count). The van der Waals surface area contributed by atoms with Crippen LogP contribution in [0, 0.1) is 11.8 Å². The fourth-order valence-electron chi connectivity index (χ4n) is 8.63. The summed E-state index contributed by atoms with van der Waals surface area (Å²) in [4.78, 5) is 59.3. The third-order valence-corrected chi connectivity index (χ3v) is 13.7. The van der Waals surface area contributed by atoms with E-state index < -0.39 is 62.8 Å². The zero-order chi connectivity index (χ0) is 36.9. The van der Waals surface area contributed by atoms with Gasteiger partial charge in [0, 0.05) is 31.8 Å². The zero-order valence-electron chi connectivity index (χ0n) is 29.8. The second-order valence-electron chi connectivity index (χ2n) is 15.6. The lowest BCUT2D eigenvalue weighted by atomic mass is 9.96. The third-order valence-electron chi connectivity index (χ3n) is 11.9. The van der Waals surface area contributed by atoms with Crippen LogP contribution in [0.3, 0.4) is 0 Å². The van der Waals surface area contributed by atoms with E-state index >= 15 is 0 Å². The van der Waals surface area contributed by atoms with Gasteiger partial charge >= 0.3 is 12.1 Å². The minimum absolute atomic E-state index is 0.00568. The zero-order valence-corrected chi connectivity index (χ0v) is 30.6. The normalized spacial score (nSPS) is 29.3. The monoisotopic (exact) mass is 749 g/mol. The maximum atomic E-state index is 14.7. The number of fused-ring (bicyclic) bond motifs is 5. The lowest BCUT2D eigenvalue weighted by Gasteiger charge is -2.31. The number of amides is 4. The molecule has 1 saturated heterocycles.